The predicted octanol–water partition coefficient (Wildman–Crippen LogP) is 3.46. The Hall–Kier alpha value is -1.95. The van der Waals surface area contributed by atoms with Gasteiger partial charge in [0.05, 0.1) is 13.2 Å². The lowest BCUT2D eigenvalue weighted by Gasteiger charge is -2.18. The van der Waals surface area contributed by atoms with Gasteiger partial charge in [0.25, 0.3) is 0 Å². The molecule has 110 valence electrons. The average molecular weight is 306 g/mol. The third kappa shape index (κ3) is 4.27. The molecule has 0 N–H and O–H groups in total. The summed E-state index contributed by atoms with van der Waals surface area (Å²) >= 11 is 0. The van der Waals surface area contributed by atoms with Gasteiger partial charge in [-0.2, -0.15) is 0 Å². The SMILES string of the molecule is C1CO1.c1ccc(P(c2ccccc2)c2ccccc2)cc1. The van der Waals surface area contributed by atoms with Gasteiger partial charge < -0.3 is 4.74 Å². The van der Waals surface area contributed by atoms with Crippen LogP contribution in [0.2, 0.25) is 0 Å². The van der Waals surface area contributed by atoms with E-state index in [0.717, 1.165) is 13.2 Å². The molecular formula is C20H19OP. The maximum Gasteiger partial charge on any atom is 0.0701 e. The summed E-state index contributed by atoms with van der Waals surface area (Å²) in [7, 11) is -0.446. The summed E-state index contributed by atoms with van der Waals surface area (Å²) in [5, 5.41) is 4.19. The minimum atomic E-state index is -0.446. The number of hydrogen-bond acceptors (Lipinski definition) is 1. The van der Waals surface area contributed by atoms with Crippen LogP contribution in [-0.2, 0) is 4.74 Å². The molecule has 1 saturated heterocycles. The Labute approximate surface area is 133 Å². The van der Waals surface area contributed by atoms with E-state index in [-0.39, 0.29) is 0 Å². The molecule has 0 spiro atoms. The van der Waals surface area contributed by atoms with Crippen LogP contribution in [0.15, 0.2) is 91.0 Å². The van der Waals surface area contributed by atoms with E-state index in [4.69, 9.17) is 0 Å². The Balaban J connectivity index is 0.000000429. The summed E-state index contributed by atoms with van der Waals surface area (Å²) in [4.78, 5) is 0. The maximum absolute atomic E-state index is 4.50. The quantitative estimate of drug-likeness (QED) is 0.533. The van der Waals surface area contributed by atoms with Crippen LogP contribution in [0, 0.1) is 0 Å². The van der Waals surface area contributed by atoms with Crippen molar-refractivity contribution < 1.29 is 4.74 Å². The Morgan fingerprint density at radius 3 is 1.00 bits per heavy atom. The highest BCUT2D eigenvalue weighted by Crippen LogP contribution is 2.32. The van der Waals surface area contributed by atoms with Gasteiger partial charge in [0, 0.05) is 0 Å². The molecule has 1 nitrogen and oxygen atoms in total. The minimum Gasteiger partial charge on any atom is -0.377 e. The van der Waals surface area contributed by atoms with Crippen LogP contribution in [-0.4, -0.2) is 13.2 Å². The predicted molar refractivity (Wildman–Crippen MR) is 96.0 cm³/mol. The highest BCUT2D eigenvalue weighted by Gasteiger charge is 2.14. The first-order chi connectivity index (χ1) is 10.9. The van der Waals surface area contributed by atoms with Crippen molar-refractivity contribution in [2.75, 3.05) is 13.2 Å². The third-order valence-electron chi connectivity index (χ3n) is 3.25. The fraction of sp³-hybridized carbons (Fsp3) is 0.100. The standard InChI is InChI=1S/C18H15P.C2H4O/c1-4-10-16(11-5-1)19(17-12-6-2-7-13-17)18-14-8-3-9-15-18;1-2-3-1/h1-15H;1-2H2. The lowest BCUT2D eigenvalue weighted by Crippen LogP contribution is -2.20. The summed E-state index contributed by atoms with van der Waals surface area (Å²) < 4.78 is 4.50. The van der Waals surface area contributed by atoms with Gasteiger partial charge in [0.15, 0.2) is 0 Å². The van der Waals surface area contributed by atoms with Crippen molar-refractivity contribution >= 4 is 23.8 Å². The molecular weight excluding hydrogens is 287 g/mol. The summed E-state index contributed by atoms with van der Waals surface area (Å²) in [6.45, 7) is 2.00. The molecule has 1 fully saturated rings. The van der Waals surface area contributed by atoms with Gasteiger partial charge in [-0.05, 0) is 23.8 Å². The van der Waals surface area contributed by atoms with Crippen molar-refractivity contribution in [3.63, 3.8) is 0 Å². The van der Waals surface area contributed by atoms with Crippen molar-refractivity contribution in [1.82, 2.24) is 0 Å². The fourth-order valence-electron chi connectivity index (χ4n) is 2.18. The van der Waals surface area contributed by atoms with E-state index in [1.165, 1.54) is 15.9 Å². The van der Waals surface area contributed by atoms with Crippen LogP contribution in [0.4, 0.5) is 0 Å². The van der Waals surface area contributed by atoms with Crippen molar-refractivity contribution in [2.45, 2.75) is 0 Å². The molecule has 0 atom stereocenters. The number of epoxide rings is 1. The molecule has 0 radical (unpaired) electrons. The van der Waals surface area contributed by atoms with Crippen molar-refractivity contribution in [1.29, 1.82) is 0 Å². The lowest BCUT2D eigenvalue weighted by atomic mass is 10.4. The van der Waals surface area contributed by atoms with Gasteiger partial charge in [-0.15, -0.1) is 0 Å². The molecule has 1 aliphatic heterocycles. The minimum absolute atomic E-state index is 0.446. The van der Waals surface area contributed by atoms with E-state index in [1.807, 2.05) is 0 Å². The number of benzene rings is 3. The molecule has 4 rings (SSSR count). The van der Waals surface area contributed by atoms with E-state index < -0.39 is 7.92 Å². The molecule has 0 amide bonds. The van der Waals surface area contributed by atoms with E-state index in [1.54, 1.807) is 0 Å². The van der Waals surface area contributed by atoms with Crippen LogP contribution >= 0.6 is 7.92 Å². The lowest BCUT2D eigenvalue weighted by molar-refractivity contribution is 0.475. The maximum atomic E-state index is 4.50. The Morgan fingerprint density at radius 2 is 0.773 bits per heavy atom. The largest absolute Gasteiger partial charge is 0.377 e. The zero-order valence-corrected chi connectivity index (χ0v) is 13.3. The molecule has 0 unspecified atom stereocenters. The number of hydrogen-bond donors (Lipinski definition) is 0. The highest BCUT2D eigenvalue weighted by atomic mass is 31.1. The molecule has 22 heavy (non-hydrogen) atoms. The van der Waals surface area contributed by atoms with E-state index in [0.29, 0.717) is 0 Å². The topological polar surface area (TPSA) is 12.5 Å². The van der Waals surface area contributed by atoms with Gasteiger partial charge in [-0.3, -0.25) is 0 Å². The average Bonchev–Trinajstić information content (AvgIpc) is 3.47. The fourth-order valence-corrected chi connectivity index (χ4v) is 4.48. The van der Waals surface area contributed by atoms with Gasteiger partial charge >= 0.3 is 0 Å². The molecule has 2 heteroatoms. The van der Waals surface area contributed by atoms with Crippen LogP contribution in [0.3, 0.4) is 0 Å². The van der Waals surface area contributed by atoms with Gasteiger partial charge in [0.2, 0.25) is 0 Å². The smallest absolute Gasteiger partial charge is 0.0701 e. The summed E-state index contributed by atoms with van der Waals surface area (Å²) in [5.74, 6) is 0. The second kappa shape index (κ2) is 7.89. The van der Waals surface area contributed by atoms with Crippen molar-refractivity contribution in [3.8, 4) is 0 Å². The molecule has 3 aromatic rings. The van der Waals surface area contributed by atoms with Crippen LogP contribution < -0.4 is 15.9 Å². The number of ether oxygens (including phenoxy) is 1. The van der Waals surface area contributed by atoms with Gasteiger partial charge in [0.1, 0.15) is 0 Å². The van der Waals surface area contributed by atoms with Gasteiger partial charge in [-0.1, -0.05) is 91.0 Å². The first-order valence-corrected chi connectivity index (χ1v) is 8.82. The molecule has 1 heterocycles. The summed E-state index contributed by atoms with van der Waals surface area (Å²) in [5.41, 5.74) is 0. The van der Waals surface area contributed by atoms with E-state index in [9.17, 15) is 0 Å². The van der Waals surface area contributed by atoms with Crippen molar-refractivity contribution in [2.24, 2.45) is 0 Å². The molecule has 3 aromatic carbocycles. The van der Waals surface area contributed by atoms with Crippen molar-refractivity contribution in [3.05, 3.63) is 91.0 Å². The second-order valence-corrected chi connectivity index (χ2v) is 7.17. The molecule has 0 aliphatic carbocycles. The highest BCUT2D eigenvalue weighted by molar-refractivity contribution is 7.79. The zero-order valence-electron chi connectivity index (χ0n) is 12.4. The zero-order chi connectivity index (χ0) is 15.0. The van der Waals surface area contributed by atoms with Crippen LogP contribution in [0.5, 0.6) is 0 Å². The Morgan fingerprint density at radius 1 is 0.500 bits per heavy atom. The first kappa shape index (κ1) is 15.0. The normalized spacial score (nSPS) is 12.4. The second-order valence-electron chi connectivity index (χ2n) is 4.95. The van der Waals surface area contributed by atoms with E-state index in [2.05, 4.69) is 95.7 Å². The summed E-state index contributed by atoms with van der Waals surface area (Å²) in [6, 6.07) is 32.3. The first-order valence-electron chi connectivity index (χ1n) is 7.48. The Kier molecular flexibility index (Phi) is 5.37. The van der Waals surface area contributed by atoms with Crippen LogP contribution in [0.25, 0.3) is 0 Å². The van der Waals surface area contributed by atoms with Crippen LogP contribution in [0.1, 0.15) is 0 Å². The molecule has 0 saturated carbocycles. The molecule has 1 aliphatic rings. The summed E-state index contributed by atoms with van der Waals surface area (Å²) in [6.07, 6.45) is 0. The molecule has 0 aromatic heterocycles. The monoisotopic (exact) mass is 306 g/mol. The number of rotatable bonds is 3. The van der Waals surface area contributed by atoms with E-state index >= 15 is 0 Å². The Bertz CT molecular complexity index is 569. The third-order valence-corrected chi connectivity index (χ3v) is 5.69. The van der Waals surface area contributed by atoms with Gasteiger partial charge in [-0.25, -0.2) is 0 Å². The molecule has 0 bridgehead atoms.